The molecule has 8 nitrogen and oxygen atoms in total. The molecule has 0 bridgehead atoms. The average Bonchev–Trinajstić information content (AvgIpc) is 3.53. The van der Waals surface area contributed by atoms with Gasteiger partial charge in [0.25, 0.3) is 5.91 Å². The molecule has 1 amide bonds. The molecule has 2 N–H and O–H groups in total. The molecular weight excluding hydrogens is 623 g/mol. The third kappa shape index (κ3) is 4.74. The maximum atomic E-state index is 13.7. The summed E-state index contributed by atoms with van der Waals surface area (Å²) < 4.78 is 47.4. The zero-order valence-electron chi connectivity index (χ0n) is 22.7. The third-order valence-corrected chi connectivity index (χ3v) is 9.19. The number of anilines is 1. The zero-order valence-corrected chi connectivity index (χ0v) is 25.1. The van der Waals surface area contributed by atoms with E-state index >= 15 is 0 Å². The highest BCUT2D eigenvalue weighted by Crippen LogP contribution is 2.42. The number of hydrogen-bond acceptors (Lipinski definition) is 5. The van der Waals surface area contributed by atoms with Crippen molar-refractivity contribution in [1.29, 1.82) is 0 Å². The van der Waals surface area contributed by atoms with Gasteiger partial charge in [-0.1, -0.05) is 18.2 Å². The molecule has 212 valence electrons. The summed E-state index contributed by atoms with van der Waals surface area (Å²) in [5.41, 5.74) is 5.11. The predicted molar refractivity (Wildman–Crippen MR) is 166 cm³/mol. The second kappa shape index (κ2) is 10.4. The van der Waals surface area contributed by atoms with Gasteiger partial charge in [0.15, 0.2) is 0 Å². The molecule has 3 heterocycles. The van der Waals surface area contributed by atoms with Crippen LogP contribution < -0.4 is 9.62 Å². The molecule has 3 aromatic heterocycles. The number of aromatic amines is 1. The van der Waals surface area contributed by atoms with Crippen LogP contribution in [0.3, 0.4) is 0 Å². The topological polar surface area (TPSA) is 108 Å². The number of pyridine rings is 1. The lowest BCUT2D eigenvalue weighted by molar-refractivity contribution is 0.0964. The number of rotatable bonds is 6. The molecule has 0 fully saturated rings. The van der Waals surface area contributed by atoms with E-state index in [1.54, 1.807) is 18.3 Å². The Morgan fingerprint density at radius 3 is 2.43 bits per heavy atom. The van der Waals surface area contributed by atoms with E-state index in [-0.39, 0.29) is 11.3 Å². The first-order valence-corrected chi connectivity index (χ1v) is 15.5. The summed E-state index contributed by atoms with van der Waals surface area (Å²) in [7, 11) is -0.696. The van der Waals surface area contributed by atoms with Crippen molar-refractivity contribution in [3.63, 3.8) is 0 Å². The second-order valence-electron chi connectivity index (χ2n) is 9.78. The van der Waals surface area contributed by atoms with Gasteiger partial charge < -0.3 is 14.7 Å². The van der Waals surface area contributed by atoms with E-state index in [4.69, 9.17) is 4.42 Å². The Kier molecular flexibility index (Phi) is 6.86. The van der Waals surface area contributed by atoms with Crippen molar-refractivity contribution >= 4 is 59.6 Å². The smallest absolute Gasteiger partial charge is 0.255 e. The molecule has 11 heteroatoms. The standard InChI is InChI=1S/C31H24BrFN4O4S/c1-34-31(38)26-23-15-22(18-6-4-7-19(14-18)28-27(32)21-8-5-13-35-30(21)36-28)24(37(2)42(3,39)40)16-25(23)41-29(26)17-9-11-20(33)12-10-17/h4-16H,1-3H3,(H,34,38)(H,35,36). The van der Waals surface area contributed by atoms with Crippen molar-refractivity contribution < 1.29 is 22.0 Å². The molecule has 0 aliphatic rings. The number of nitrogens with one attached hydrogen (secondary N) is 2. The van der Waals surface area contributed by atoms with E-state index in [0.29, 0.717) is 33.3 Å². The molecule has 6 rings (SSSR count). The van der Waals surface area contributed by atoms with Crippen molar-refractivity contribution in [3.05, 3.63) is 94.8 Å². The first-order valence-electron chi connectivity index (χ1n) is 12.8. The molecule has 0 atom stereocenters. The minimum atomic E-state index is -3.67. The highest BCUT2D eigenvalue weighted by atomic mass is 79.9. The lowest BCUT2D eigenvalue weighted by Gasteiger charge is -2.21. The molecule has 0 aliphatic heterocycles. The van der Waals surface area contributed by atoms with Crippen molar-refractivity contribution in [2.24, 2.45) is 0 Å². The molecule has 0 radical (unpaired) electrons. The number of hydrogen-bond donors (Lipinski definition) is 2. The Morgan fingerprint density at radius 2 is 1.74 bits per heavy atom. The van der Waals surface area contributed by atoms with Gasteiger partial charge in [-0.25, -0.2) is 17.8 Å². The van der Waals surface area contributed by atoms with Crippen LogP contribution in [0.5, 0.6) is 0 Å². The summed E-state index contributed by atoms with van der Waals surface area (Å²) in [6, 6.07) is 20.5. The lowest BCUT2D eigenvalue weighted by Crippen LogP contribution is -2.25. The second-order valence-corrected chi connectivity index (χ2v) is 12.6. The summed E-state index contributed by atoms with van der Waals surface area (Å²) in [5.74, 6) is -0.572. The van der Waals surface area contributed by atoms with E-state index in [2.05, 4.69) is 31.2 Å². The molecule has 42 heavy (non-hydrogen) atoms. The first-order chi connectivity index (χ1) is 20.1. The minimum absolute atomic E-state index is 0.248. The van der Waals surface area contributed by atoms with Crippen LogP contribution in [0.25, 0.3) is 55.7 Å². The van der Waals surface area contributed by atoms with Gasteiger partial charge >= 0.3 is 0 Å². The van der Waals surface area contributed by atoms with Crippen LogP contribution in [0.4, 0.5) is 10.1 Å². The van der Waals surface area contributed by atoms with Crippen molar-refractivity contribution in [2.45, 2.75) is 0 Å². The Bertz CT molecular complexity index is 2120. The van der Waals surface area contributed by atoms with Crippen LogP contribution in [0, 0.1) is 5.82 Å². The molecule has 6 aromatic rings. The van der Waals surface area contributed by atoms with E-state index in [1.807, 2.05) is 36.4 Å². The van der Waals surface area contributed by atoms with Gasteiger partial charge in [0.2, 0.25) is 10.0 Å². The summed E-state index contributed by atoms with van der Waals surface area (Å²) >= 11 is 3.69. The number of carbonyl (C=O) groups excluding carboxylic acids is 1. The van der Waals surface area contributed by atoms with Crippen molar-refractivity contribution in [3.8, 4) is 33.7 Å². The van der Waals surface area contributed by atoms with Crippen LogP contribution in [0.1, 0.15) is 10.4 Å². The van der Waals surface area contributed by atoms with Crippen molar-refractivity contribution in [2.75, 3.05) is 24.7 Å². The van der Waals surface area contributed by atoms with E-state index in [0.717, 1.165) is 33.0 Å². The normalized spacial score (nSPS) is 11.7. The summed E-state index contributed by atoms with van der Waals surface area (Å²) in [4.78, 5) is 20.9. The average molecular weight is 648 g/mol. The Balaban J connectivity index is 1.62. The number of furan rings is 1. The number of halogens is 2. The van der Waals surface area contributed by atoms with Crippen LogP contribution in [0.15, 0.2) is 87.9 Å². The monoisotopic (exact) mass is 646 g/mol. The van der Waals surface area contributed by atoms with Gasteiger partial charge in [0.1, 0.15) is 22.8 Å². The highest BCUT2D eigenvalue weighted by Gasteiger charge is 2.26. The number of H-pyrrole nitrogens is 1. The van der Waals surface area contributed by atoms with Gasteiger partial charge in [-0.3, -0.25) is 9.10 Å². The molecule has 3 aromatic carbocycles. The number of aromatic nitrogens is 2. The molecule has 0 spiro atoms. The first kappa shape index (κ1) is 27.7. The lowest BCUT2D eigenvalue weighted by atomic mass is 9.96. The van der Waals surface area contributed by atoms with Crippen LogP contribution in [-0.4, -0.2) is 44.6 Å². The largest absolute Gasteiger partial charge is 0.455 e. The molecule has 0 saturated carbocycles. The Labute approximate surface area is 249 Å². The number of carbonyl (C=O) groups is 1. The number of benzene rings is 3. The minimum Gasteiger partial charge on any atom is -0.455 e. The number of fused-ring (bicyclic) bond motifs is 2. The van der Waals surface area contributed by atoms with Gasteiger partial charge in [-0.2, -0.15) is 0 Å². The maximum absolute atomic E-state index is 13.7. The summed E-state index contributed by atoms with van der Waals surface area (Å²) in [6.45, 7) is 0. The Morgan fingerprint density at radius 1 is 1.00 bits per heavy atom. The number of sulfonamides is 1. The number of amides is 1. The van der Waals surface area contributed by atoms with E-state index in [1.165, 1.54) is 42.7 Å². The fourth-order valence-corrected chi connectivity index (χ4v) is 6.14. The zero-order chi connectivity index (χ0) is 29.8. The van der Waals surface area contributed by atoms with Gasteiger partial charge in [0, 0.05) is 48.3 Å². The van der Waals surface area contributed by atoms with Gasteiger partial charge in [-0.15, -0.1) is 0 Å². The fraction of sp³-hybridized carbons (Fsp3) is 0.0968. The molecule has 0 aliphatic carbocycles. The van der Waals surface area contributed by atoms with Crippen LogP contribution in [0.2, 0.25) is 0 Å². The molecule has 0 unspecified atom stereocenters. The van der Waals surface area contributed by atoms with E-state index in [9.17, 15) is 17.6 Å². The van der Waals surface area contributed by atoms with Crippen molar-refractivity contribution in [1.82, 2.24) is 15.3 Å². The summed E-state index contributed by atoms with van der Waals surface area (Å²) in [5, 5.41) is 4.07. The highest BCUT2D eigenvalue weighted by molar-refractivity contribution is 9.10. The quantitative estimate of drug-likeness (QED) is 0.203. The summed E-state index contributed by atoms with van der Waals surface area (Å²) in [6.07, 6.45) is 2.83. The van der Waals surface area contributed by atoms with Gasteiger partial charge in [-0.05, 0) is 75.6 Å². The van der Waals surface area contributed by atoms with Crippen LogP contribution in [-0.2, 0) is 10.0 Å². The third-order valence-electron chi connectivity index (χ3n) is 7.17. The van der Waals surface area contributed by atoms with Gasteiger partial charge in [0.05, 0.1) is 27.7 Å². The molecular formula is C31H24BrFN4O4S. The number of nitrogens with zero attached hydrogens (tertiary/aromatic N) is 2. The van der Waals surface area contributed by atoms with E-state index < -0.39 is 21.7 Å². The predicted octanol–water partition coefficient (Wildman–Crippen LogP) is 6.97. The maximum Gasteiger partial charge on any atom is 0.255 e. The SMILES string of the molecule is CNC(=O)c1c(-c2ccc(F)cc2)oc2cc(N(C)S(C)(=O)=O)c(-c3cccc(-c4[nH]c5ncccc5c4Br)c3)cc12. The fourth-order valence-electron chi connectivity index (χ4n) is 4.99. The molecule has 0 saturated heterocycles. The Hall–Kier alpha value is -4.48. The van der Waals surface area contributed by atoms with Crippen LogP contribution >= 0.6 is 15.9 Å².